The molecule has 0 atom stereocenters. The summed E-state index contributed by atoms with van der Waals surface area (Å²) in [5.41, 5.74) is 6.86. The van der Waals surface area contributed by atoms with E-state index in [4.69, 9.17) is 4.99 Å². The fraction of sp³-hybridized carbons (Fsp3) is 0.0606. The Kier molecular flexibility index (Phi) is 4.96. The summed E-state index contributed by atoms with van der Waals surface area (Å²) in [6.07, 6.45) is 0. The van der Waals surface area contributed by atoms with Crippen LogP contribution in [0.3, 0.4) is 0 Å². The predicted molar refractivity (Wildman–Crippen MR) is 147 cm³/mol. The van der Waals surface area contributed by atoms with Crippen molar-refractivity contribution in [1.29, 1.82) is 0 Å². The van der Waals surface area contributed by atoms with Crippen molar-refractivity contribution in [2.45, 2.75) is 13.8 Å². The number of hydrogen-bond donors (Lipinski definition) is 0. The summed E-state index contributed by atoms with van der Waals surface area (Å²) in [6, 6.07) is 41.3. The van der Waals surface area contributed by atoms with Gasteiger partial charge in [0.15, 0.2) is 0 Å². The first-order chi connectivity index (χ1) is 16.7. The zero-order valence-electron chi connectivity index (χ0n) is 19.4. The van der Waals surface area contributed by atoms with Gasteiger partial charge in [-0.2, -0.15) is 0 Å². The molecule has 0 aliphatic rings. The van der Waals surface area contributed by atoms with Crippen LogP contribution in [0.15, 0.2) is 120 Å². The average molecular weight is 436 g/mol. The van der Waals surface area contributed by atoms with Crippen molar-refractivity contribution in [2.75, 3.05) is 0 Å². The summed E-state index contributed by atoms with van der Waals surface area (Å²) >= 11 is 0. The number of para-hydroxylation sites is 1. The molecule has 0 saturated heterocycles. The molecule has 6 rings (SSSR count). The van der Waals surface area contributed by atoms with Gasteiger partial charge >= 0.3 is 0 Å². The van der Waals surface area contributed by atoms with Crippen LogP contribution in [0.2, 0.25) is 0 Å². The third-order valence-electron chi connectivity index (χ3n) is 6.76. The van der Waals surface area contributed by atoms with Crippen molar-refractivity contribution in [3.63, 3.8) is 0 Å². The highest BCUT2D eigenvalue weighted by Crippen LogP contribution is 2.38. The van der Waals surface area contributed by atoms with E-state index in [-0.39, 0.29) is 0 Å². The van der Waals surface area contributed by atoms with Crippen molar-refractivity contribution >= 4 is 43.7 Å². The lowest BCUT2D eigenvalue weighted by molar-refractivity contribution is 1.38. The zero-order chi connectivity index (χ0) is 23.1. The van der Waals surface area contributed by atoms with Crippen LogP contribution in [0.25, 0.3) is 43.4 Å². The first kappa shape index (κ1) is 20.4. The molecule has 0 heterocycles. The van der Waals surface area contributed by atoms with Crippen molar-refractivity contribution in [3.05, 3.63) is 126 Å². The highest BCUT2D eigenvalue weighted by Gasteiger charge is 2.11. The summed E-state index contributed by atoms with van der Waals surface area (Å²) in [5.74, 6) is 0. The van der Waals surface area contributed by atoms with Gasteiger partial charge in [-0.15, -0.1) is 0 Å². The number of benzene rings is 6. The van der Waals surface area contributed by atoms with E-state index in [1.807, 2.05) is 6.07 Å². The third kappa shape index (κ3) is 3.47. The van der Waals surface area contributed by atoms with Crippen LogP contribution >= 0.6 is 0 Å². The minimum atomic E-state index is 1.02. The summed E-state index contributed by atoms with van der Waals surface area (Å²) in [7, 11) is 0. The number of aliphatic imine (C=N–C) groups is 1. The molecule has 1 nitrogen and oxygen atoms in total. The molecule has 0 aliphatic heterocycles. The second kappa shape index (κ2) is 8.28. The maximum atomic E-state index is 4.87. The minimum absolute atomic E-state index is 1.02. The topological polar surface area (TPSA) is 12.4 Å². The number of aryl methyl sites for hydroxylation is 1. The van der Waals surface area contributed by atoms with Gasteiger partial charge in [0.25, 0.3) is 0 Å². The monoisotopic (exact) mass is 435 g/mol. The highest BCUT2D eigenvalue weighted by atomic mass is 14.7. The molecule has 0 spiro atoms. The van der Waals surface area contributed by atoms with Gasteiger partial charge < -0.3 is 0 Å². The molecular weight excluding hydrogens is 410 g/mol. The Bertz CT molecular complexity index is 1710. The molecule has 6 aromatic carbocycles. The quantitative estimate of drug-likeness (QED) is 0.194. The second-order valence-corrected chi connectivity index (χ2v) is 8.92. The minimum Gasteiger partial charge on any atom is -0.253 e. The Morgan fingerprint density at radius 1 is 0.588 bits per heavy atom. The lowest BCUT2D eigenvalue weighted by Crippen LogP contribution is -1.94. The van der Waals surface area contributed by atoms with E-state index in [0.29, 0.717) is 0 Å². The summed E-state index contributed by atoms with van der Waals surface area (Å²) in [4.78, 5) is 4.87. The van der Waals surface area contributed by atoms with Gasteiger partial charge in [-0.05, 0) is 80.6 Å². The number of rotatable bonds is 3. The van der Waals surface area contributed by atoms with Gasteiger partial charge in [-0.1, -0.05) is 103 Å². The number of fused-ring (bicyclic) bond motifs is 5. The van der Waals surface area contributed by atoms with Crippen molar-refractivity contribution in [1.82, 2.24) is 0 Å². The fourth-order valence-electron chi connectivity index (χ4n) is 4.94. The molecule has 0 saturated carbocycles. The SMILES string of the molecule is CC(=Nc1ccccc1C)c1ccc(-c2cc3ccc4ccccc4c3c3ccccc23)cc1. The molecule has 0 unspecified atom stereocenters. The van der Waals surface area contributed by atoms with E-state index in [2.05, 4.69) is 123 Å². The Morgan fingerprint density at radius 2 is 1.24 bits per heavy atom. The molecule has 1 heteroatoms. The van der Waals surface area contributed by atoms with Gasteiger partial charge in [-0.25, -0.2) is 0 Å². The third-order valence-corrected chi connectivity index (χ3v) is 6.76. The number of hydrogen-bond acceptors (Lipinski definition) is 1. The highest BCUT2D eigenvalue weighted by molar-refractivity contribution is 6.23. The molecule has 0 fully saturated rings. The number of nitrogens with zero attached hydrogens (tertiary/aromatic N) is 1. The molecule has 6 aromatic rings. The molecule has 0 aliphatic carbocycles. The zero-order valence-corrected chi connectivity index (χ0v) is 19.4. The molecule has 0 radical (unpaired) electrons. The van der Waals surface area contributed by atoms with Crippen LogP contribution in [0.4, 0.5) is 5.69 Å². The van der Waals surface area contributed by atoms with E-state index in [9.17, 15) is 0 Å². The maximum Gasteiger partial charge on any atom is 0.0662 e. The Hall–Kier alpha value is -4.23. The largest absolute Gasteiger partial charge is 0.253 e. The smallest absolute Gasteiger partial charge is 0.0662 e. The van der Waals surface area contributed by atoms with Gasteiger partial charge in [0.05, 0.1) is 5.69 Å². The normalized spacial score (nSPS) is 12.0. The van der Waals surface area contributed by atoms with Crippen LogP contribution in [0, 0.1) is 6.92 Å². The molecule has 0 bridgehead atoms. The standard InChI is InChI=1S/C33H25N/c1-22-9-3-8-14-32(22)34-23(2)24-15-17-26(18-16-24)31-21-27-20-19-25-10-4-5-11-28(25)33(27)30-13-7-6-12-29(30)31/h3-21H,1-2H3. The molecule has 34 heavy (non-hydrogen) atoms. The van der Waals surface area contributed by atoms with Crippen LogP contribution < -0.4 is 0 Å². The second-order valence-electron chi connectivity index (χ2n) is 8.92. The molecule has 0 aromatic heterocycles. The van der Waals surface area contributed by atoms with Crippen molar-refractivity contribution in [3.8, 4) is 11.1 Å². The average Bonchev–Trinajstić information content (AvgIpc) is 2.89. The maximum absolute atomic E-state index is 4.87. The molecule has 0 amide bonds. The van der Waals surface area contributed by atoms with Gasteiger partial charge in [0, 0.05) is 5.71 Å². The Labute approximate surface area is 200 Å². The van der Waals surface area contributed by atoms with E-state index in [0.717, 1.165) is 17.0 Å². The Balaban J connectivity index is 1.49. The summed E-state index contributed by atoms with van der Waals surface area (Å²) in [6.45, 7) is 4.18. The van der Waals surface area contributed by atoms with Crippen LogP contribution in [0.1, 0.15) is 18.1 Å². The molecule has 0 N–H and O–H groups in total. The molecular formula is C33H25N. The van der Waals surface area contributed by atoms with E-state index < -0.39 is 0 Å². The fourth-order valence-corrected chi connectivity index (χ4v) is 4.94. The summed E-state index contributed by atoms with van der Waals surface area (Å²) < 4.78 is 0. The lowest BCUT2D eigenvalue weighted by atomic mass is 9.90. The van der Waals surface area contributed by atoms with Crippen LogP contribution in [-0.2, 0) is 0 Å². The van der Waals surface area contributed by atoms with Crippen LogP contribution in [-0.4, -0.2) is 5.71 Å². The first-order valence-electron chi connectivity index (χ1n) is 11.7. The van der Waals surface area contributed by atoms with Gasteiger partial charge in [0.2, 0.25) is 0 Å². The van der Waals surface area contributed by atoms with Gasteiger partial charge in [0.1, 0.15) is 0 Å². The lowest BCUT2D eigenvalue weighted by Gasteiger charge is -2.13. The van der Waals surface area contributed by atoms with Crippen molar-refractivity contribution < 1.29 is 0 Å². The van der Waals surface area contributed by atoms with Crippen LogP contribution in [0.5, 0.6) is 0 Å². The van der Waals surface area contributed by atoms with Gasteiger partial charge in [-0.3, -0.25) is 4.99 Å². The summed E-state index contributed by atoms with van der Waals surface area (Å²) in [5, 5.41) is 7.77. The molecule has 162 valence electrons. The van der Waals surface area contributed by atoms with E-state index in [1.165, 1.54) is 49.0 Å². The first-order valence-corrected chi connectivity index (χ1v) is 11.7. The van der Waals surface area contributed by atoms with Crippen molar-refractivity contribution in [2.24, 2.45) is 4.99 Å². The predicted octanol–water partition coefficient (Wildman–Crippen LogP) is 9.26. The van der Waals surface area contributed by atoms with E-state index in [1.54, 1.807) is 0 Å². The van der Waals surface area contributed by atoms with E-state index >= 15 is 0 Å². The Morgan fingerprint density at radius 3 is 2.03 bits per heavy atom.